The molecule has 0 saturated heterocycles. The molecule has 1 aromatic heterocycles. The molecule has 10 heteroatoms. The highest BCUT2D eigenvalue weighted by Gasteiger charge is 2.35. The summed E-state index contributed by atoms with van der Waals surface area (Å²) in [4.78, 5) is 28.7. The maximum Gasteiger partial charge on any atom is 0.303 e. The van der Waals surface area contributed by atoms with Gasteiger partial charge in [-0.25, -0.2) is 9.99 Å². The number of aliphatic carboxylic acids is 1. The number of carbonyl (C=O) groups is 2. The number of hydrazone groups is 1. The Hall–Kier alpha value is -3.85. The van der Waals surface area contributed by atoms with Crippen molar-refractivity contribution < 1.29 is 28.9 Å². The van der Waals surface area contributed by atoms with Gasteiger partial charge in [0.25, 0.3) is 0 Å². The van der Waals surface area contributed by atoms with Crippen molar-refractivity contribution in [1.82, 2.24) is 9.99 Å². The largest absolute Gasteiger partial charge is 0.494 e. The van der Waals surface area contributed by atoms with E-state index < -0.39 is 17.9 Å². The van der Waals surface area contributed by atoms with Gasteiger partial charge in [0.1, 0.15) is 10.9 Å². The summed E-state index contributed by atoms with van der Waals surface area (Å²) in [6.45, 7) is 2.43. The van der Waals surface area contributed by atoms with Gasteiger partial charge in [-0.1, -0.05) is 11.6 Å². The Bertz CT molecular complexity index is 1340. The lowest BCUT2D eigenvalue weighted by Gasteiger charge is -2.23. The van der Waals surface area contributed by atoms with Crippen LogP contribution in [0.3, 0.4) is 0 Å². The summed E-state index contributed by atoms with van der Waals surface area (Å²) < 4.78 is 16.3. The first kappa shape index (κ1) is 25.2. The van der Waals surface area contributed by atoms with Crippen molar-refractivity contribution in [3.63, 3.8) is 0 Å². The lowest BCUT2D eigenvalue weighted by Crippen LogP contribution is -2.27. The van der Waals surface area contributed by atoms with Crippen LogP contribution in [0.15, 0.2) is 47.6 Å². The molecule has 0 saturated carbocycles. The highest BCUT2D eigenvalue weighted by molar-refractivity contribution is 6.30. The number of carbonyl (C=O) groups excluding carboxylic acids is 1. The van der Waals surface area contributed by atoms with Gasteiger partial charge in [0.15, 0.2) is 11.5 Å². The fourth-order valence-corrected chi connectivity index (χ4v) is 4.40. The first-order chi connectivity index (χ1) is 17.3. The number of hydrogen-bond acceptors (Lipinski definition) is 7. The molecule has 0 unspecified atom stereocenters. The normalized spacial score (nSPS) is 15.1. The fourth-order valence-electron chi connectivity index (χ4n) is 4.13. The van der Waals surface area contributed by atoms with E-state index in [2.05, 4.69) is 10.1 Å². The Morgan fingerprint density at radius 2 is 1.86 bits per heavy atom. The minimum absolute atomic E-state index is 0.190. The lowest BCUT2D eigenvalue weighted by atomic mass is 9.98. The van der Waals surface area contributed by atoms with Crippen molar-refractivity contribution in [2.24, 2.45) is 5.10 Å². The minimum Gasteiger partial charge on any atom is -0.494 e. The highest BCUT2D eigenvalue weighted by Crippen LogP contribution is 2.39. The summed E-state index contributed by atoms with van der Waals surface area (Å²) in [5.74, 6) is 0.311. The van der Waals surface area contributed by atoms with Gasteiger partial charge < -0.3 is 19.3 Å². The van der Waals surface area contributed by atoms with E-state index in [4.69, 9.17) is 30.9 Å². The number of ether oxygens (including phenoxy) is 3. The zero-order valence-electron chi connectivity index (χ0n) is 20.2. The van der Waals surface area contributed by atoms with Gasteiger partial charge in [0.05, 0.1) is 44.5 Å². The molecule has 0 spiro atoms. The van der Waals surface area contributed by atoms with Gasteiger partial charge in [-0.15, -0.1) is 0 Å². The number of methoxy groups -OCH3 is 2. The third-order valence-corrected chi connectivity index (χ3v) is 6.18. The van der Waals surface area contributed by atoms with Crippen molar-refractivity contribution >= 4 is 40.1 Å². The van der Waals surface area contributed by atoms with Gasteiger partial charge >= 0.3 is 5.97 Å². The SMILES string of the molecule is CCOc1ccc2cc([C@H]3CC(c4ccc(OC)c(OC)c4)=NN3C(=O)CCC(=O)O)c(Cl)nc2c1. The molecule has 3 aromatic rings. The van der Waals surface area contributed by atoms with Crippen molar-refractivity contribution in [1.29, 1.82) is 0 Å². The van der Waals surface area contributed by atoms with Crippen LogP contribution in [0.1, 0.15) is 43.4 Å². The Kier molecular flexibility index (Phi) is 7.59. The first-order valence-corrected chi connectivity index (χ1v) is 11.8. The molecular formula is C26H26ClN3O6. The Morgan fingerprint density at radius 3 is 2.56 bits per heavy atom. The average molecular weight is 512 g/mol. The first-order valence-electron chi connectivity index (χ1n) is 11.4. The maximum absolute atomic E-state index is 13.1. The van der Waals surface area contributed by atoms with Gasteiger partial charge in [0, 0.05) is 35.4 Å². The number of pyridine rings is 1. The second-order valence-corrected chi connectivity index (χ2v) is 8.48. The zero-order valence-corrected chi connectivity index (χ0v) is 20.9. The summed E-state index contributed by atoms with van der Waals surface area (Å²) >= 11 is 6.62. The molecule has 0 fully saturated rings. The van der Waals surface area contributed by atoms with Crippen LogP contribution in [-0.4, -0.2) is 53.5 Å². The molecule has 188 valence electrons. The topological polar surface area (TPSA) is 111 Å². The molecule has 1 aliphatic heterocycles. The molecule has 36 heavy (non-hydrogen) atoms. The fraction of sp³-hybridized carbons (Fsp3) is 0.308. The molecule has 2 heterocycles. The number of carboxylic acid groups (broad SMARTS) is 1. The third-order valence-electron chi connectivity index (χ3n) is 5.88. The van der Waals surface area contributed by atoms with E-state index in [1.165, 1.54) is 5.01 Å². The second-order valence-electron chi connectivity index (χ2n) is 8.12. The van der Waals surface area contributed by atoms with E-state index in [-0.39, 0.29) is 18.0 Å². The summed E-state index contributed by atoms with van der Waals surface area (Å²) in [5, 5.41) is 16.0. The van der Waals surface area contributed by atoms with Crippen LogP contribution in [-0.2, 0) is 9.59 Å². The third kappa shape index (κ3) is 5.21. The summed E-state index contributed by atoms with van der Waals surface area (Å²) in [6.07, 6.45) is -0.129. The van der Waals surface area contributed by atoms with Crippen LogP contribution in [0.5, 0.6) is 17.2 Å². The minimum atomic E-state index is -1.06. The smallest absolute Gasteiger partial charge is 0.303 e. The molecule has 1 atom stereocenters. The second kappa shape index (κ2) is 10.8. The lowest BCUT2D eigenvalue weighted by molar-refractivity contribution is -0.141. The monoisotopic (exact) mass is 511 g/mol. The van der Waals surface area contributed by atoms with E-state index in [0.717, 1.165) is 10.9 Å². The number of carboxylic acids is 1. The van der Waals surface area contributed by atoms with Crippen LogP contribution < -0.4 is 14.2 Å². The summed E-state index contributed by atoms with van der Waals surface area (Å²) in [7, 11) is 3.09. The number of amides is 1. The number of nitrogens with zero attached hydrogens (tertiary/aromatic N) is 3. The van der Waals surface area contributed by atoms with Gasteiger partial charge in [0.2, 0.25) is 5.91 Å². The molecular weight excluding hydrogens is 486 g/mol. The molecule has 0 bridgehead atoms. The number of rotatable bonds is 9. The highest BCUT2D eigenvalue weighted by atomic mass is 35.5. The van der Waals surface area contributed by atoms with Gasteiger partial charge in [-0.2, -0.15) is 5.10 Å². The molecule has 1 amide bonds. The van der Waals surface area contributed by atoms with Gasteiger partial charge in [-0.3, -0.25) is 9.59 Å². The number of fused-ring (bicyclic) bond motifs is 1. The van der Waals surface area contributed by atoms with Gasteiger partial charge in [-0.05, 0) is 43.3 Å². The number of aromatic nitrogens is 1. The summed E-state index contributed by atoms with van der Waals surface area (Å²) in [5.41, 5.74) is 2.67. The van der Waals surface area contributed by atoms with E-state index in [1.807, 2.05) is 37.3 Å². The van der Waals surface area contributed by atoms with E-state index in [0.29, 0.717) is 47.1 Å². The average Bonchev–Trinajstić information content (AvgIpc) is 3.32. The van der Waals surface area contributed by atoms with Crippen LogP contribution in [0, 0.1) is 0 Å². The number of benzene rings is 2. The van der Waals surface area contributed by atoms with Crippen LogP contribution in [0.25, 0.3) is 10.9 Å². The van der Waals surface area contributed by atoms with E-state index in [1.54, 1.807) is 26.4 Å². The van der Waals surface area contributed by atoms with Crippen LogP contribution in [0.2, 0.25) is 5.15 Å². The Labute approximate surface area is 213 Å². The number of halogens is 1. The maximum atomic E-state index is 13.1. The predicted octanol–water partition coefficient (Wildman–Crippen LogP) is 4.85. The van der Waals surface area contributed by atoms with E-state index in [9.17, 15) is 9.59 Å². The van der Waals surface area contributed by atoms with Crippen LogP contribution in [0.4, 0.5) is 0 Å². The van der Waals surface area contributed by atoms with Crippen molar-refractivity contribution in [2.75, 3.05) is 20.8 Å². The summed E-state index contributed by atoms with van der Waals surface area (Å²) in [6, 6.07) is 12.3. The molecule has 0 radical (unpaired) electrons. The molecule has 4 rings (SSSR count). The Balaban J connectivity index is 1.73. The standard InChI is InChI=1S/C26H26ClN3O6/c1-4-36-17-7-5-15-11-18(26(27)28-19(15)13-17)21-14-20(29-30(21)24(31)9-10-25(32)33)16-6-8-22(34-2)23(12-16)35-3/h5-8,11-13,21H,4,9-10,14H2,1-3H3,(H,32,33)/t21-/m1/s1. The number of hydrogen-bond donors (Lipinski definition) is 1. The quantitative estimate of drug-likeness (QED) is 0.409. The molecule has 9 nitrogen and oxygen atoms in total. The van der Waals surface area contributed by atoms with Crippen molar-refractivity contribution in [2.45, 2.75) is 32.2 Å². The van der Waals surface area contributed by atoms with E-state index >= 15 is 0 Å². The molecule has 2 aromatic carbocycles. The Morgan fingerprint density at radius 1 is 1.08 bits per heavy atom. The van der Waals surface area contributed by atoms with Crippen molar-refractivity contribution in [3.8, 4) is 17.2 Å². The molecule has 1 aliphatic rings. The van der Waals surface area contributed by atoms with Crippen LogP contribution >= 0.6 is 11.6 Å². The predicted molar refractivity (Wildman–Crippen MR) is 135 cm³/mol. The van der Waals surface area contributed by atoms with Crippen molar-refractivity contribution in [3.05, 3.63) is 58.7 Å². The zero-order chi connectivity index (χ0) is 25.8. The molecule has 0 aliphatic carbocycles. The molecule has 1 N–H and O–H groups in total.